The summed E-state index contributed by atoms with van der Waals surface area (Å²) in [4.78, 5) is 32.6. The Morgan fingerprint density at radius 3 is 2.69 bits per heavy atom. The molecule has 2 amide bonds. The highest BCUT2D eigenvalue weighted by molar-refractivity contribution is 6.04. The molecule has 2 heterocycles. The maximum atomic E-state index is 12.8. The van der Waals surface area contributed by atoms with Gasteiger partial charge in [-0.15, -0.1) is 0 Å². The van der Waals surface area contributed by atoms with Gasteiger partial charge in [0.1, 0.15) is 12.0 Å². The molecule has 26 heavy (non-hydrogen) atoms. The summed E-state index contributed by atoms with van der Waals surface area (Å²) in [6.45, 7) is 4.20. The zero-order valence-corrected chi connectivity index (χ0v) is 14.6. The van der Waals surface area contributed by atoms with Crippen molar-refractivity contribution in [3.8, 4) is 5.69 Å². The van der Waals surface area contributed by atoms with Gasteiger partial charge in [0.15, 0.2) is 5.69 Å². The van der Waals surface area contributed by atoms with Gasteiger partial charge in [0.2, 0.25) is 0 Å². The largest absolute Gasteiger partial charge is 0.364 e. The first-order valence-corrected chi connectivity index (χ1v) is 8.09. The summed E-state index contributed by atoms with van der Waals surface area (Å²) in [5, 5.41) is 2.79. The van der Waals surface area contributed by atoms with E-state index in [1.54, 1.807) is 23.0 Å². The highest BCUT2D eigenvalue weighted by Gasteiger charge is 2.23. The molecule has 132 valence electrons. The van der Waals surface area contributed by atoms with Crippen molar-refractivity contribution in [3.63, 3.8) is 0 Å². The van der Waals surface area contributed by atoms with Crippen LogP contribution in [0.3, 0.4) is 0 Å². The number of nitrogens with one attached hydrogen (secondary N) is 1. The van der Waals surface area contributed by atoms with E-state index in [0.29, 0.717) is 0 Å². The number of carbonyl (C=O) groups excluding carboxylic acids is 2. The molecular weight excluding hydrogens is 330 g/mol. The number of nitrogens with zero attached hydrogens (tertiary/aromatic N) is 3. The Balaban J connectivity index is 1.97. The maximum Gasteiger partial charge on any atom is 0.271 e. The first kappa shape index (κ1) is 17.3. The van der Waals surface area contributed by atoms with Crippen molar-refractivity contribution in [2.75, 3.05) is 0 Å². The lowest BCUT2D eigenvalue weighted by Gasteiger charge is -2.13. The van der Waals surface area contributed by atoms with Crippen molar-refractivity contribution in [2.45, 2.75) is 20.4 Å². The number of imidazole rings is 1. The summed E-state index contributed by atoms with van der Waals surface area (Å²) in [5.41, 5.74) is 9.14. The van der Waals surface area contributed by atoms with Gasteiger partial charge >= 0.3 is 0 Å². The summed E-state index contributed by atoms with van der Waals surface area (Å²) < 4.78 is 1.59. The Hall–Kier alpha value is -3.48. The minimum atomic E-state index is -0.750. The normalized spacial score (nSPS) is 10.5. The second-order valence-electron chi connectivity index (χ2n) is 6.01. The third kappa shape index (κ3) is 3.46. The second kappa shape index (κ2) is 7.18. The number of aryl methyl sites for hydroxylation is 2. The van der Waals surface area contributed by atoms with Crippen molar-refractivity contribution >= 4 is 11.8 Å². The topological polar surface area (TPSA) is 103 Å². The number of hydrogen-bond donors (Lipinski definition) is 2. The molecule has 1 aromatic carbocycles. The number of rotatable bonds is 5. The number of primary amides is 1. The van der Waals surface area contributed by atoms with Crippen molar-refractivity contribution in [3.05, 3.63) is 77.1 Å². The number of nitrogens with two attached hydrogens (primary N) is 1. The Kier molecular flexibility index (Phi) is 4.79. The van der Waals surface area contributed by atoms with Crippen molar-refractivity contribution in [2.24, 2.45) is 5.73 Å². The van der Waals surface area contributed by atoms with E-state index in [-0.39, 0.29) is 17.9 Å². The van der Waals surface area contributed by atoms with Gasteiger partial charge in [-0.25, -0.2) is 4.98 Å². The number of pyridine rings is 1. The first-order valence-electron chi connectivity index (χ1n) is 8.09. The fourth-order valence-electron chi connectivity index (χ4n) is 2.77. The average molecular weight is 349 g/mol. The fourth-order valence-corrected chi connectivity index (χ4v) is 2.77. The smallest absolute Gasteiger partial charge is 0.271 e. The summed E-state index contributed by atoms with van der Waals surface area (Å²) in [7, 11) is 0. The number of aromatic nitrogens is 3. The minimum absolute atomic E-state index is 0.0614. The number of carbonyl (C=O) groups is 2. The lowest BCUT2D eigenvalue weighted by molar-refractivity contribution is 0.0926. The monoisotopic (exact) mass is 349 g/mol. The molecule has 0 aliphatic heterocycles. The molecule has 0 aliphatic rings. The molecule has 3 N–H and O–H groups in total. The predicted molar refractivity (Wildman–Crippen MR) is 97.0 cm³/mol. The van der Waals surface area contributed by atoms with Gasteiger partial charge in [-0.3, -0.25) is 19.1 Å². The summed E-state index contributed by atoms with van der Waals surface area (Å²) >= 11 is 0. The number of hydrogen-bond acceptors (Lipinski definition) is 4. The van der Waals surface area contributed by atoms with Gasteiger partial charge in [0.05, 0.1) is 5.69 Å². The molecule has 2 aromatic heterocycles. The van der Waals surface area contributed by atoms with Gasteiger partial charge in [0, 0.05) is 18.9 Å². The third-order valence-corrected chi connectivity index (χ3v) is 4.00. The zero-order valence-electron chi connectivity index (χ0n) is 14.6. The first-order chi connectivity index (χ1) is 12.5. The van der Waals surface area contributed by atoms with Crippen molar-refractivity contribution < 1.29 is 9.59 Å². The van der Waals surface area contributed by atoms with E-state index < -0.39 is 11.8 Å². The predicted octanol–water partition coefficient (Wildman–Crippen LogP) is 1.91. The highest BCUT2D eigenvalue weighted by Crippen LogP contribution is 2.20. The van der Waals surface area contributed by atoms with E-state index in [9.17, 15) is 9.59 Å². The van der Waals surface area contributed by atoms with E-state index >= 15 is 0 Å². The van der Waals surface area contributed by atoms with Crippen LogP contribution in [0.1, 0.15) is 37.7 Å². The molecule has 0 radical (unpaired) electrons. The lowest BCUT2D eigenvalue weighted by atomic mass is 10.1. The number of amides is 2. The molecule has 7 heteroatoms. The van der Waals surface area contributed by atoms with Crippen LogP contribution in [0.5, 0.6) is 0 Å². The molecule has 0 saturated carbocycles. The molecule has 0 atom stereocenters. The third-order valence-electron chi connectivity index (χ3n) is 4.00. The standard InChI is InChI=1S/C19H19N5O2/c1-12-5-6-15(13(2)8-12)24-11-23-16(18(20)25)17(24)19(26)22-10-14-4-3-7-21-9-14/h3-9,11H,10H2,1-2H3,(H2,20,25)(H,22,26). The second-order valence-corrected chi connectivity index (χ2v) is 6.01. The molecule has 3 rings (SSSR count). The highest BCUT2D eigenvalue weighted by atomic mass is 16.2. The maximum absolute atomic E-state index is 12.8. The Morgan fingerprint density at radius 2 is 2.04 bits per heavy atom. The van der Waals surface area contributed by atoms with E-state index in [1.165, 1.54) is 6.33 Å². The Morgan fingerprint density at radius 1 is 1.23 bits per heavy atom. The molecule has 0 spiro atoms. The van der Waals surface area contributed by atoms with Crippen LogP contribution in [-0.4, -0.2) is 26.3 Å². The molecule has 0 unspecified atom stereocenters. The van der Waals surface area contributed by atoms with E-state index in [4.69, 9.17) is 5.73 Å². The Bertz CT molecular complexity index is 963. The van der Waals surface area contributed by atoms with Crippen molar-refractivity contribution in [1.82, 2.24) is 19.9 Å². The van der Waals surface area contributed by atoms with Crippen molar-refractivity contribution in [1.29, 1.82) is 0 Å². The average Bonchev–Trinajstić information content (AvgIpc) is 3.05. The van der Waals surface area contributed by atoms with E-state index in [0.717, 1.165) is 22.4 Å². The summed E-state index contributed by atoms with van der Waals surface area (Å²) in [5.74, 6) is -1.18. The van der Waals surface area contributed by atoms with Gasteiger partial charge in [-0.2, -0.15) is 0 Å². The van der Waals surface area contributed by atoms with Crippen LogP contribution in [0, 0.1) is 13.8 Å². The molecule has 3 aromatic rings. The summed E-state index contributed by atoms with van der Waals surface area (Å²) in [6, 6.07) is 9.45. The molecule has 0 fully saturated rings. The van der Waals surface area contributed by atoms with E-state index in [1.807, 2.05) is 38.1 Å². The van der Waals surface area contributed by atoms with Crippen LogP contribution in [0.15, 0.2) is 49.1 Å². The van der Waals surface area contributed by atoms with E-state index in [2.05, 4.69) is 15.3 Å². The summed E-state index contributed by atoms with van der Waals surface area (Å²) in [6.07, 6.45) is 4.76. The SMILES string of the molecule is Cc1ccc(-n2cnc(C(N)=O)c2C(=O)NCc2cccnc2)c(C)c1. The Labute approximate surface area is 150 Å². The van der Waals surface area contributed by atoms with Crippen LogP contribution in [0.4, 0.5) is 0 Å². The molecule has 0 saturated heterocycles. The fraction of sp³-hybridized carbons (Fsp3) is 0.158. The minimum Gasteiger partial charge on any atom is -0.364 e. The van der Waals surface area contributed by atoms with Gasteiger partial charge in [-0.05, 0) is 37.1 Å². The van der Waals surface area contributed by atoms with Crippen LogP contribution in [-0.2, 0) is 6.54 Å². The zero-order chi connectivity index (χ0) is 18.7. The lowest BCUT2D eigenvalue weighted by Crippen LogP contribution is -2.28. The molecule has 0 bridgehead atoms. The van der Waals surface area contributed by atoms with Crippen LogP contribution in [0.25, 0.3) is 5.69 Å². The molecule has 0 aliphatic carbocycles. The van der Waals surface area contributed by atoms with Crippen LogP contribution < -0.4 is 11.1 Å². The molecular formula is C19H19N5O2. The van der Waals surface area contributed by atoms with Gasteiger partial charge in [0.25, 0.3) is 11.8 Å². The van der Waals surface area contributed by atoms with Crippen LogP contribution in [0.2, 0.25) is 0 Å². The number of benzene rings is 1. The van der Waals surface area contributed by atoms with Gasteiger partial charge < -0.3 is 11.1 Å². The quantitative estimate of drug-likeness (QED) is 0.734. The molecule has 7 nitrogen and oxygen atoms in total. The van der Waals surface area contributed by atoms with Gasteiger partial charge in [-0.1, -0.05) is 23.8 Å². The van der Waals surface area contributed by atoms with Crippen LogP contribution >= 0.6 is 0 Å².